The monoisotopic (exact) mass is 246 g/mol. The Morgan fingerprint density at radius 2 is 1.78 bits per heavy atom. The fourth-order valence-corrected chi connectivity index (χ4v) is 2.27. The van der Waals surface area contributed by atoms with Gasteiger partial charge in [-0.15, -0.1) is 0 Å². The summed E-state index contributed by atoms with van der Waals surface area (Å²) < 4.78 is 21.8. The van der Waals surface area contributed by atoms with Gasteiger partial charge in [0.15, 0.2) is 6.29 Å². The molecule has 94 valence electrons. The summed E-state index contributed by atoms with van der Waals surface area (Å²) in [6, 6.07) is 0. The van der Waals surface area contributed by atoms with Gasteiger partial charge >= 0.3 is 0 Å². The molecule has 2 aliphatic heterocycles. The van der Waals surface area contributed by atoms with E-state index in [4.69, 9.17) is 18.9 Å². The van der Waals surface area contributed by atoms with Crippen molar-refractivity contribution in [2.75, 3.05) is 13.2 Å². The molecule has 4 rings (SSSR count). The van der Waals surface area contributed by atoms with Crippen LogP contribution < -0.4 is 0 Å². The van der Waals surface area contributed by atoms with E-state index >= 15 is 0 Å². The molecule has 4 atom stereocenters. The Hall–Kier alpha value is -1.36. The molecule has 0 saturated carbocycles. The second-order valence-corrected chi connectivity index (χ2v) is 4.69. The zero-order valence-electron chi connectivity index (χ0n) is 9.82. The summed E-state index contributed by atoms with van der Waals surface area (Å²) in [4.78, 5) is 0. The van der Waals surface area contributed by atoms with Gasteiger partial charge in [0.1, 0.15) is 19.0 Å². The number of hydrogen-bond donors (Lipinski definition) is 0. The van der Waals surface area contributed by atoms with Gasteiger partial charge in [0.2, 0.25) is 6.29 Å². The van der Waals surface area contributed by atoms with E-state index in [9.17, 15) is 0 Å². The first-order chi connectivity index (χ1) is 8.90. The summed E-state index contributed by atoms with van der Waals surface area (Å²) >= 11 is 0. The molecule has 0 aromatic heterocycles. The summed E-state index contributed by atoms with van der Waals surface area (Å²) in [7, 11) is 0. The van der Waals surface area contributed by atoms with Crippen LogP contribution in [-0.4, -0.2) is 31.9 Å². The fraction of sp³-hybridized carbons (Fsp3) is 0.429. The molecule has 0 N–H and O–H groups in total. The SMILES string of the molecule is C1=CC(OC2CO2)C2C=CC=C(OC3CO3)C2=C1. The predicted octanol–water partition coefficient (Wildman–Crippen LogP) is 1.67. The second kappa shape index (κ2) is 4.09. The van der Waals surface area contributed by atoms with Crippen molar-refractivity contribution in [3.8, 4) is 0 Å². The van der Waals surface area contributed by atoms with Gasteiger partial charge in [0, 0.05) is 11.5 Å². The van der Waals surface area contributed by atoms with E-state index in [1.807, 2.05) is 18.2 Å². The number of allylic oxidation sites excluding steroid dienone is 5. The molecule has 2 saturated heterocycles. The largest absolute Gasteiger partial charge is 0.462 e. The Bertz CT molecular complexity index is 466. The minimum atomic E-state index is -0.0682. The molecule has 4 heteroatoms. The maximum absolute atomic E-state index is 5.83. The second-order valence-electron chi connectivity index (χ2n) is 4.69. The van der Waals surface area contributed by atoms with Crippen molar-refractivity contribution in [1.29, 1.82) is 0 Å². The first-order valence-corrected chi connectivity index (χ1v) is 6.23. The van der Waals surface area contributed by atoms with E-state index in [1.165, 1.54) is 0 Å². The van der Waals surface area contributed by atoms with Crippen molar-refractivity contribution in [1.82, 2.24) is 0 Å². The molecule has 4 unspecified atom stereocenters. The highest BCUT2D eigenvalue weighted by Gasteiger charge is 2.36. The lowest BCUT2D eigenvalue weighted by Crippen LogP contribution is -2.28. The van der Waals surface area contributed by atoms with Gasteiger partial charge in [-0.3, -0.25) is 0 Å². The van der Waals surface area contributed by atoms with Crippen molar-refractivity contribution in [3.63, 3.8) is 0 Å². The van der Waals surface area contributed by atoms with Gasteiger partial charge in [0.05, 0.1) is 6.10 Å². The van der Waals surface area contributed by atoms with Crippen molar-refractivity contribution in [2.45, 2.75) is 18.7 Å². The highest BCUT2D eigenvalue weighted by molar-refractivity contribution is 5.44. The Balaban J connectivity index is 1.54. The topological polar surface area (TPSA) is 43.5 Å². The normalized spacial score (nSPS) is 39.8. The van der Waals surface area contributed by atoms with Crippen LogP contribution in [0.3, 0.4) is 0 Å². The summed E-state index contributed by atoms with van der Waals surface area (Å²) in [5.74, 6) is 1.10. The highest BCUT2D eigenvalue weighted by atomic mass is 16.8. The minimum Gasteiger partial charge on any atom is -0.462 e. The van der Waals surface area contributed by atoms with Gasteiger partial charge in [-0.05, 0) is 6.08 Å². The first-order valence-electron chi connectivity index (χ1n) is 6.23. The molecule has 0 aromatic rings. The van der Waals surface area contributed by atoms with Gasteiger partial charge in [-0.1, -0.05) is 30.4 Å². The van der Waals surface area contributed by atoms with Crippen LogP contribution in [0.25, 0.3) is 0 Å². The van der Waals surface area contributed by atoms with Gasteiger partial charge in [0.25, 0.3) is 0 Å². The van der Waals surface area contributed by atoms with Crippen LogP contribution in [0.15, 0.2) is 47.8 Å². The third kappa shape index (κ3) is 2.03. The molecule has 0 aromatic carbocycles. The van der Waals surface area contributed by atoms with Crippen molar-refractivity contribution in [2.24, 2.45) is 5.92 Å². The summed E-state index contributed by atoms with van der Waals surface area (Å²) in [5, 5.41) is 0. The van der Waals surface area contributed by atoms with Crippen molar-refractivity contribution in [3.05, 3.63) is 47.8 Å². The molecule has 0 radical (unpaired) electrons. The minimum absolute atomic E-state index is 0.0289. The average molecular weight is 246 g/mol. The lowest BCUT2D eigenvalue weighted by Gasteiger charge is -2.29. The smallest absolute Gasteiger partial charge is 0.223 e. The van der Waals surface area contributed by atoms with Crippen LogP contribution in [0.2, 0.25) is 0 Å². The number of epoxide rings is 2. The fourth-order valence-electron chi connectivity index (χ4n) is 2.27. The third-order valence-electron chi connectivity index (χ3n) is 3.31. The Morgan fingerprint density at radius 3 is 2.56 bits per heavy atom. The molecule has 2 aliphatic carbocycles. The molecule has 4 aliphatic rings. The summed E-state index contributed by atoms with van der Waals surface area (Å²) in [6.07, 6.45) is 12.2. The maximum atomic E-state index is 5.83. The van der Waals surface area contributed by atoms with Gasteiger partial charge < -0.3 is 18.9 Å². The molecule has 0 amide bonds. The number of ether oxygens (including phenoxy) is 4. The first kappa shape index (κ1) is 10.6. The van der Waals surface area contributed by atoms with E-state index in [2.05, 4.69) is 18.2 Å². The standard InChI is InChI=1S/C14H14O4/c1-3-9-10(11(5-1)17-13-7-15-13)4-2-6-12(9)18-14-8-16-14/h1-6,9,12-14H,7-8H2. The van der Waals surface area contributed by atoms with Crippen LogP contribution in [0.4, 0.5) is 0 Å². The molecule has 2 fully saturated rings. The molecule has 0 spiro atoms. The quantitative estimate of drug-likeness (QED) is 0.708. The van der Waals surface area contributed by atoms with Crippen molar-refractivity contribution >= 4 is 0 Å². The van der Waals surface area contributed by atoms with E-state index in [0.717, 1.165) is 11.3 Å². The van der Waals surface area contributed by atoms with Crippen LogP contribution in [-0.2, 0) is 18.9 Å². The van der Waals surface area contributed by atoms with E-state index in [1.54, 1.807) is 0 Å². The zero-order chi connectivity index (χ0) is 11.9. The Morgan fingerprint density at radius 1 is 1.00 bits per heavy atom. The molecule has 4 nitrogen and oxygen atoms in total. The highest BCUT2D eigenvalue weighted by Crippen LogP contribution is 2.36. The average Bonchev–Trinajstić information content (AvgIpc) is 3.25. The van der Waals surface area contributed by atoms with Crippen molar-refractivity contribution < 1.29 is 18.9 Å². The number of fused-ring (bicyclic) bond motifs is 1. The lowest BCUT2D eigenvalue weighted by atomic mass is 9.85. The maximum Gasteiger partial charge on any atom is 0.223 e. The number of hydrogen-bond acceptors (Lipinski definition) is 4. The van der Waals surface area contributed by atoms with Crippen LogP contribution >= 0.6 is 0 Å². The molecule has 2 heterocycles. The summed E-state index contributed by atoms with van der Waals surface area (Å²) in [6.45, 7) is 1.39. The Kier molecular flexibility index (Phi) is 2.40. The molecular formula is C14H14O4. The van der Waals surface area contributed by atoms with Gasteiger partial charge in [-0.2, -0.15) is 0 Å². The lowest BCUT2D eigenvalue weighted by molar-refractivity contribution is -0.00256. The van der Waals surface area contributed by atoms with Gasteiger partial charge in [-0.25, -0.2) is 0 Å². The van der Waals surface area contributed by atoms with Crippen LogP contribution in [0.5, 0.6) is 0 Å². The molecule has 18 heavy (non-hydrogen) atoms. The van der Waals surface area contributed by atoms with E-state index < -0.39 is 0 Å². The summed E-state index contributed by atoms with van der Waals surface area (Å²) in [5.41, 5.74) is 1.15. The predicted molar refractivity (Wildman–Crippen MR) is 63.4 cm³/mol. The van der Waals surface area contributed by atoms with Crippen LogP contribution in [0.1, 0.15) is 0 Å². The van der Waals surface area contributed by atoms with Crippen LogP contribution in [0, 0.1) is 5.92 Å². The van der Waals surface area contributed by atoms with E-state index in [0.29, 0.717) is 13.2 Å². The molecule has 0 bridgehead atoms. The molecular weight excluding hydrogens is 232 g/mol. The Labute approximate surface area is 105 Å². The third-order valence-corrected chi connectivity index (χ3v) is 3.31. The number of rotatable bonds is 4. The van der Waals surface area contributed by atoms with E-state index in [-0.39, 0.29) is 24.6 Å². The zero-order valence-corrected chi connectivity index (χ0v) is 9.82.